The second kappa shape index (κ2) is 8.06. The number of benzene rings is 2. The number of carbonyl (C=O) groups is 1. The number of aliphatic imine (C=N–C) groups is 1. The summed E-state index contributed by atoms with van der Waals surface area (Å²) in [5.41, 5.74) is 2.90. The van der Waals surface area contributed by atoms with Gasteiger partial charge in [-0.1, -0.05) is 11.6 Å². The van der Waals surface area contributed by atoms with Crippen LogP contribution in [0.4, 0.5) is 5.69 Å². The lowest BCUT2D eigenvalue weighted by molar-refractivity contribution is 0.0691. The number of halogens is 1. The van der Waals surface area contributed by atoms with E-state index in [4.69, 9.17) is 26.4 Å². The largest absolute Gasteiger partial charge is 0.490 e. The molecule has 0 fully saturated rings. The van der Waals surface area contributed by atoms with Crippen molar-refractivity contribution in [3.63, 3.8) is 0 Å². The van der Waals surface area contributed by atoms with Crippen molar-refractivity contribution < 1.29 is 19.7 Å². The normalized spacial score (nSPS) is 13.2. The van der Waals surface area contributed by atoms with Gasteiger partial charge in [0.15, 0.2) is 0 Å². The number of ether oxygens (including phenoxy) is 1. The summed E-state index contributed by atoms with van der Waals surface area (Å²) in [6, 6.07) is 12.3. The molecule has 0 aliphatic carbocycles. The van der Waals surface area contributed by atoms with Crippen molar-refractivity contribution in [2.24, 2.45) is 4.99 Å². The van der Waals surface area contributed by atoms with Crippen LogP contribution in [0, 0.1) is 0 Å². The quantitative estimate of drug-likeness (QED) is 0.644. The predicted octanol–water partition coefficient (Wildman–Crippen LogP) is 3.47. The molecule has 0 spiro atoms. The van der Waals surface area contributed by atoms with Crippen LogP contribution in [0.1, 0.15) is 10.4 Å². The summed E-state index contributed by atoms with van der Waals surface area (Å²) < 4.78 is 5.34. The van der Waals surface area contributed by atoms with Crippen molar-refractivity contribution in [2.45, 2.75) is 0 Å². The van der Waals surface area contributed by atoms with E-state index in [1.54, 1.807) is 24.5 Å². The highest BCUT2D eigenvalue weighted by Gasteiger charge is 2.18. The monoisotopic (exact) mass is 411 g/mol. The minimum absolute atomic E-state index is 0.00762. The number of fused-ring (bicyclic) bond motifs is 1. The number of anilines is 1. The molecule has 3 aromatic rings. The highest BCUT2D eigenvalue weighted by molar-refractivity contribution is 6.31. The predicted molar refractivity (Wildman–Crippen MR) is 112 cm³/mol. The van der Waals surface area contributed by atoms with Crippen molar-refractivity contribution in [3.05, 3.63) is 53.1 Å². The number of carboxylic acids is 1. The average Bonchev–Trinajstić information content (AvgIpc) is 3.25. The second-order valence-electron chi connectivity index (χ2n) is 6.49. The van der Waals surface area contributed by atoms with E-state index in [2.05, 4.69) is 4.99 Å². The number of nitrogens with zero attached hydrogens (tertiary/aromatic N) is 3. The Bertz CT molecular complexity index is 1120. The van der Waals surface area contributed by atoms with Crippen LogP contribution in [0.2, 0.25) is 5.02 Å². The fourth-order valence-corrected chi connectivity index (χ4v) is 3.44. The highest BCUT2D eigenvalue weighted by Crippen LogP contribution is 2.34. The van der Waals surface area contributed by atoms with Crippen molar-refractivity contribution in [2.75, 3.05) is 31.2 Å². The van der Waals surface area contributed by atoms with Crippen LogP contribution >= 0.6 is 11.6 Å². The Hall–Kier alpha value is -3.16. The Kier molecular flexibility index (Phi) is 5.33. The van der Waals surface area contributed by atoms with Crippen molar-refractivity contribution in [1.29, 1.82) is 0 Å². The summed E-state index contributed by atoms with van der Waals surface area (Å²) in [6.45, 7) is 1.29. The Morgan fingerprint density at radius 1 is 1.21 bits per heavy atom. The summed E-state index contributed by atoms with van der Waals surface area (Å²) in [7, 11) is 0. The molecular formula is C21H18ClN3O4. The summed E-state index contributed by atoms with van der Waals surface area (Å²) >= 11 is 6.17. The van der Waals surface area contributed by atoms with Crippen LogP contribution in [-0.2, 0) is 0 Å². The molecule has 29 heavy (non-hydrogen) atoms. The van der Waals surface area contributed by atoms with Crippen molar-refractivity contribution >= 4 is 40.5 Å². The molecule has 1 aromatic heterocycles. The molecule has 2 N–H and O–H groups in total. The molecule has 0 bridgehead atoms. The first-order chi connectivity index (χ1) is 14.1. The molecule has 2 aromatic carbocycles. The zero-order valence-corrected chi connectivity index (χ0v) is 16.1. The van der Waals surface area contributed by atoms with Gasteiger partial charge in [-0.2, -0.15) is 0 Å². The third kappa shape index (κ3) is 3.87. The minimum atomic E-state index is -1.12. The lowest BCUT2D eigenvalue weighted by Gasteiger charge is -2.18. The summed E-state index contributed by atoms with van der Waals surface area (Å²) in [5.74, 6) is -0.915. The number of aromatic nitrogens is 1. The molecule has 7 nitrogen and oxygen atoms in total. The zero-order valence-electron chi connectivity index (χ0n) is 15.4. The first kappa shape index (κ1) is 19.2. The molecule has 0 saturated heterocycles. The Labute approximate surface area is 171 Å². The Morgan fingerprint density at radius 2 is 2.07 bits per heavy atom. The number of carboxylic acid groups (broad SMARTS) is 1. The van der Waals surface area contributed by atoms with Gasteiger partial charge in [-0.15, -0.1) is 0 Å². The zero-order chi connectivity index (χ0) is 20.4. The molecule has 2 heterocycles. The van der Waals surface area contributed by atoms with Crippen LogP contribution < -0.4 is 9.64 Å². The van der Waals surface area contributed by atoms with E-state index in [0.717, 1.165) is 17.6 Å². The van der Waals surface area contributed by atoms with Gasteiger partial charge >= 0.3 is 5.97 Å². The third-order valence-electron chi connectivity index (χ3n) is 4.61. The molecule has 148 valence electrons. The van der Waals surface area contributed by atoms with Crippen LogP contribution in [-0.4, -0.2) is 53.8 Å². The SMILES string of the molecule is O=C(O)c1cc(-c2cc(N3C=NCC3)c3ccc(Cl)cc3n2)ccc1OCCO. The molecule has 8 heteroatoms. The van der Waals surface area contributed by atoms with E-state index in [9.17, 15) is 9.90 Å². The molecule has 1 aliphatic heterocycles. The number of hydrogen-bond acceptors (Lipinski definition) is 6. The van der Waals surface area contributed by atoms with Gasteiger partial charge in [0.05, 0.1) is 36.4 Å². The molecule has 0 saturated carbocycles. The van der Waals surface area contributed by atoms with E-state index >= 15 is 0 Å². The number of aliphatic hydroxyl groups excluding tert-OH is 1. The maximum atomic E-state index is 11.7. The fourth-order valence-electron chi connectivity index (χ4n) is 3.27. The third-order valence-corrected chi connectivity index (χ3v) is 4.84. The van der Waals surface area contributed by atoms with Gasteiger partial charge in [0.1, 0.15) is 17.9 Å². The van der Waals surface area contributed by atoms with Crippen LogP contribution in [0.15, 0.2) is 47.5 Å². The number of hydrogen-bond donors (Lipinski definition) is 2. The topological polar surface area (TPSA) is 95.2 Å². The van der Waals surface area contributed by atoms with Crippen LogP contribution in [0.25, 0.3) is 22.2 Å². The van der Waals surface area contributed by atoms with Crippen LogP contribution in [0.5, 0.6) is 5.75 Å². The van der Waals surface area contributed by atoms with Gasteiger partial charge in [0, 0.05) is 22.5 Å². The van der Waals surface area contributed by atoms with Crippen molar-refractivity contribution in [1.82, 2.24) is 4.98 Å². The standard InChI is InChI=1S/C21H18ClN3O4/c22-14-2-3-15-18(10-14)24-17(11-19(15)25-6-5-23-12-25)13-1-4-20(29-8-7-26)16(9-13)21(27)28/h1-4,9-12,26H,5-8H2,(H,27,28). The van der Waals surface area contributed by atoms with Gasteiger partial charge in [0.25, 0.3) is 0 Å². The number of rotatable bonds is 6. The first-order valence-electron chi connectivity index (χ1n) is 9.05. The number of aromatic carboxylic acids is 1. The van der Waals surface area contributed by atoms with E-state index in [1.807, 2.05) is 23.1 Å². The van der Waals surface area contributed by atoms with Gasteiger partial charge in [0.2, 0.25) is 0 Å². The van der Waals surface area contributed by atoms with Crippen LogP contribution in [0.3, 0.4) is 0 Å². The van der Waals surface area contributed by atoms with E-state index in [0.29, 0.717) is 28.3 Å². The van der Waals surface area contributed by atoms with Gasteiger partial charge in [-0.3, -0.25) is 4.99 Å². The molecule has 0 unspecified atom stereocenters. The fraction of sp³-hybridized carbons (Fsp3) is 0.190. The van der Waals surface area contributed by atoms with Crippen molar-refractivity contribution in [3.8, 4) is 17.0 Å². The maximum Gasteiger partial charge on any atom is 0.339 e. The molecule has 0 radical (unpaired) electrons. The first-order valence-corrected chi connectivity index (χ1v) is 9.43. The highest BCUT2D eigenvalue weighted by atomic mass is 35.5. The van der Waals surface area contributed by atoms with E-state index < -0.39 is 5.97 Å². The van der Waals surface area contributed by atoms with Gasteiger partial charge in [-0.05, 0) is 42.5 Å². The molecule has 1 aliphatic rings. The van der Waals surface area contributed by atoms with E-state index in [-0.39, 0.29) is 24.5 Å². The molecule has 4 rings (SSSR count). The summed E-state index contributed by atoms with van der Waals surface area (Å²) in [4.78, 5) is 22.7. The lowest BCUT2D eigenvalue weighted by atomic mass is 10.0. The van der Waals surface area contributed by atoms with Gasteiger partial charge < -0.3 is 19.8 Å². The maximum absolute atomic E-state index is 11.7. The average molecular weight is 412 g/mol. The smallest absolute Gasteiger partial charge is 0.339 e. The lowest BCUT2D eigenvalue weighted by Crippen LogP contribution is -2.18. The minimum Gasteiger partial charge on any atom is -0.490 e. The molecule has 0 amide bonds. The summed E-state index contributed by atoms with van der Waals surface area (Å²) in [6.07, 6.45) is 1.79. The Morgan fingerprint density at radius 3 is 2.79 bits per heavy atom. The second-order valence-corrected chi connectivity index (χ2v) is 6.93. The number of aliphatic hydroxyl groups is 1. The summed E-state index contributed by atoms with van der Waals surface area (Å²) in [5, 5.41) is 20.0. The molecule has 0 atom stereocenters. The Balaban J connectivity index is 1.86. The molecular weight excluding hydrogens is 394 g/mol. The van der Waals surface area contributed by atoms with E-state index in [1.165, 1.54) is 6.07 Å². The van der Waals surface area contributed by atoms with Gasteiger partial charge in [-0.25, -0.2) is 9.78 Å². The number of pyridine rings is 1.